The number of pyridine rings is 1. The minimum atomic E-state index is -0.580. The Hall–Kier alpha value is -3.00. The number of aromatic nitrogens is 1. The van der Waals surface area contributed by atoms with Gasteiger partial charge in [-0.05, 0) is 25.0 Å². The maximum absolute atomic E-state index is 12.8. The van der Waals surface area contributed by atoms with E-state index in [0.717, 1.165) is 16.5 Å². The van der Waals surface area contributed by atoms with Crippen molar-refractivity contribution in [2.75, 3.05) is 46.5 Å². The second kappa shape index (κ2) is 9.67. The first-order valence-electron chi connectivity index (χ1n) is 10.1. The van der Waals surface area contributed by atoms with Gasteiger partial charge < -0.3 is 19.3 Å². The van der Waals surface area contributed by atoms with E-state index in [1.165, 1.54) is 11.9 Å². The van der Waals surface area contributed by atoms with E-state index in [0.29, 0.717) is 44.0 Å². The summed E-state index contributed by atoms with van der Waals surface area (Å²) in [6.45, 7) is 5.32. The molecule has 1 aromatic heterocycles. The van der Waals surface area contributed by atoms with E-state index in [9.17, 15) is 14.4 Å². The van der Waals surface area contributed by atoms with Gasteiger partial charge in [-0.2, -0.15) is 0 Å². The van der Waals surface area contributed by atoms with Gasteiger partial charge in [0.15, 0.2) is 6.61 Å². The number of hydrogen-bond acceptors (Lipinski definition) is 6. The second-order valence-electron chi connectivity index (χ2n) is 7.25. The van der Waals surface area contributed by atoms with Crippen molar-refractivity contribution < 1.29 is 23.9 Å². The fraction of sp³-hybridized carbons (Fsp3) is 0.455. The van der Waals surface area contributed by atoms with Gasteiger partial charge in [-0.1, -0.05) is 25.1 Å². The maximum Gasteiger partial charge on any atom is 0.340 e. The van der Waals surface area contributed by atoms with Gasteiger partial charge in [0.25, 0.3) is 5.91 Å². The third-order valence-electron chi connectivity index (χ3n) is 5.25. The predicted octanol–water partition coefficient (Wildman–Crippen LogP) is 1.58. The number of carbonyl (C=O) groups excluding carboxylic acids is 3. The number of fused-ring (bicyclic) bond motifs is 1. The Morgan fingerprint density at radius 2 is 1.90 bits per heavy atom. The zero-order valence-corrected chi connectivity index (χ0v) is 17.6. The first kappa shape index (κ1) is 21.7. The van der Waals surface area contributed by atoms with Crippen molar-refractivity contribution in [1.29, 1.82) is 0 Å². The fourth-order valence-corrected chi connectivity index (χ4v) is 3.48. The van der Waals surface area contributed by atoms with Gasteiger partial charge in [0.1, 0.15) is 0 Å². The molecule has 2 aromatic rings. The molecule has 3 rings (SSSR count). The predicted molar refractivity (Wildman–Crippen MR) is 111 cm³/mol. The zero-order valence-electron chi connectivity index (χ0n) is 17.6. The summed E-state index contributed by atoms with van der Waals surface area (Å²) in [4.78, 5) is 44.9. The van der Waals surface area contributed by atoms with E-state index in [4.69, 9.17) is 9.47 Å². The van der Waals surface area contributed by atoms with Gasteiger partial charge in [-0.15, -0.1) is 0 Å². The maximum atomic E-state index is 12.8. The number of benzene rings is 1. The van der Waals surface area contributed by atoms with Crippen LogP contribution in [0.5, 0.6) is 0 Å². The number of hydrogen-bond donors (Lipinski definition) is 0. The lowest BCUT2D eigenvalue weighted by Crippen LogP contribution is -2.46. The summed E-state index contributed by atoms with van der Waals surface area (Å²) in [5.74, 6) is -1.17. The Balaban J connectivity index is 1.64. The van der Waals surface area contributed by atoms with Crippen molar-refractivity contribution in [3.05, 3.63) is 41.1 Å². The van der Waals surface area contributed by atoms with Crippen molar-refractivity contribution in [2.45, 2.75) is 20.3 Å². The first-order chi connectivity index (χ1) is 14.4. The lowest BCUT2D eigenvalue weighted by atomic mass is 10.0. The number of nitrogens with zero attached hydrogens (tertiary/aromatic N) is 3. The molecule has 0 bridgehead atoms. The number of carbonyl (C=O) groups is 3. The third-order valence-corrected chi connectivity index (χ3v) is 5.25. The van der Waals surface area contributed by atoms with Crippen molar-refractivity contribution in [3.63, 3.8) is 0 Å². The molecule has 8 nitrogen and oxygen atoms in total. The average molecular weight is 413 g/mol. The molecule has 1 aliphatic rings. The van der Waals surface area contributed by atoms with Gasteiger partial charge in [0, 0.05) is 25.5 Å². The molecule has 30 heavy (non-hydrogen) atoms. The molecule has 1 aliphatic heterocycles. The summed E-state index contributed by atoms with van der Waals surface area (Å²) in [7, 11) is 1.52. The van der Waals surface area contributed by atoms with Crippen LogP contribution in [-0.2, 0) is 25.5 Å². The lowest BCUT2D eigenvalue weighted by Gasteiger charge is -2.28. The Labute approximate surface area is 175 Å². The molecule has 0 N–H and O–H groups in total. The summed E-state index contributed by atoms with van der Waals surface area (Å²) in [6.07, 6.45) is 0.567. The molecule has 2 heterocycles. The highest BCUT2D eigenvalue weighted by atomic mass is 16.5. The Morgan fingerprint density at radius 1 is 1.20 bits per heavy atom. The van der Waals surface area contributed by atoms with E-state index < -0.39 is 18.5 Å². The minimum Gasteiger partial charge on any atom is -0.452 e. The van der Waals surface area contributed by atoms with Crippen LogP contribution in [0, 0.1) is 6.92 Å². The van der Waals surface area contributed by atoms with E-state index in [2.05, 4.69) is 4.98 Å². The summed E-state index contributed by atoms with van der Waals surface area (Å²) < 4.78 is 10.5. The standard InChI is InChI=1S/C22H27N3O5/c1-4-17-21(15(2)16-7-5-6-8-18(16)23-17)22(28)30-14-20(27)24(3)13-19(26)25-9-11-29-12-10-25/h5-8H,4,9-14H2,1-3H3. The van der Waals surface area contributed by atoms with Crippen LogP contribution >= 0.6 is 0 Å². The summed E-state index contributed by atoms with van der Waals surface area (Å²) in [6, 6.07) is 7.60. The van der Waals surface area contributed by atoms with Gasteiger partial charge >= 0.3 is 5.97 Å². The van der Waals surface area contributed by atoms with Crippen LogP contribution in [0.15, 0.2) is 24.3 Å². The van der Waals surface area contributed by atoms with Crippen molar-refractivity contribution in [3.8, 4) is 0 Å². The third kappa shape index (κ3) is 4.76. The SMILES string of the molecule is CCc1nc2ccccc2c(C)c1C(=O)OCC(=O)N(C)CC(=O)N1CCOCC1. The molecule has 0 aliphatic carbocycles. The molecule has 0 atom stereocenters. The molecule has 0 saturated carbocycles. The van der Waals surface area contributed by atoms with Gasteiger partial charge in [0.2, 0.25) is 5.91 Å². The highest BCUT2D eigenvalue weighted by molar-refractivity contribution is 5.99. The van der Waals surface area contributed by atoms with E-state index in [-0.39, 0.29) is 12.5 Å². The number of rotatable bonds is 6. The molecular weight excluding hydrogens is 386 g/mol. The normalized spacial score (nSPS) is 13.9. The Morgan fingerprint density at radius 3 is 2.60 bits per heavy atom. The monoisotopic (exact) mass is 413 g/mol. The second-order valence-corrected chi connectivity index (χ2v) is 7.25. The molecule has 1 fully saturated rings. The Kier molecular flexibility index (Phi) is 6.99. The minimum absolute atomic E-state index is 0.0623. The van der Waals surface area contributed by atoms with E-state index in [1.807, 2.05) is 38.1 Å². The number of aryl methyl sites for hydroxylation is 2. The van der Waals surface area contributed by atoms with Crippen LogP contribution in [-0.4, -0.2) is 79.1 Å². The highest BCUT2D eigenvalue weighted by Gasteiger charge is 2.23. The average Bonchev–Trinajstić information content (AvgIpc) is 2.77. The largest absolute Gasteiger partial charge is 0.452 e. The molecule has 0 unspecified atom stereocenters. The van der Waals surface area contributed by atoms with Crippen molar-refractivity contribution in [1.82, 2.24) is 14.8 Å². The quantitative estimate of drug-likeness (QED) is 0.668. The lowest BCUT2D eigenvalue weighted by molar-refractivity contribution is -0.143. The Bertz CT molecular complexity index is 953. The van der Waals surface area contributed by atoms with Crippen LogP contribution < -0.4 is 0 Å². The smallest absolute Gasteiger partial charge is 0.340 e. The molecule has 160 valence electrons. The van der Waals surface area contributed by atoms with Gasteiger partial charge in [-0.25, -0.2) is 4.79 Å². The molecular formula is C22H27N3O5. The zero-order chi connectivity index (χ0) is 21.7. The number of para-hydroxylation sites is 1. The van der Waals surface area contributed by atoms with Gasteiger partial charge in [-0.3, -0.25) is 14.6 Å². The topological polar surface area (TPSA) is 89.0 Å². The van der Waals surface area contributed by atoms with Gasteiger partial charge in [0.05, 0.1) is 36.5 Å². The molecule has 8 heteroatoms. The number of ether oxygens (including phenoxy) is 2. The van der Waals surface area contributed by atoms with E-state index in [1.54, 1.807) is 4.90 Å². The molecule has 1 aromatic carbocycles. The number of amides is 2. The number of morpholine rings is 1. The van der Waals surface area contributed by atoms with E-state index >= 15 is 0 Å². The molecule has 0 spiro atoms. The highest BCUT2D eigenvalue weighted by Crippen LogP contribution is 2.24. The van der Waals surface area contributed by atoms with Crippen LogP contribution in [0.2, 0.25) is 0 Å². The van der Waals surface area contributed by atoms with Crippen molar-refractivity contribution in [2.24, 2.45) is 0 Å². The van der Waals surface area contributed by atoms with Crippen LogP contribution in [0.25, 0.3) is 10.9 Å². The summed E-state index contributed by atoms with van der Waals surface area (Å²) in [5, 5.41) is 0.876. The van der Waals surface area contributed by atoms with Crippen LogP contribution in [0.4, 0.5) is 0 Å². The molecule has 2 amide bonds. The van der Waals surface area contributed by atoms with Crippen LogP contribution in [0.1, 0.15) is 28.5 Å². The molecule has 0 radical (unpaired) electrons. The first-order valence-corrected chi connectivity index (χ1v) is 10.1. The van der Waals surface area contributed by atoms with Crippen molar-refractivity contribution >= 4 is 28.7 Å². The number of likely N-dealkylation sites (N-methyl/N-ethyl adjacent to an activating group) is 1. The molecule has 1 saturated heterocycles. The van der Waals surface area contributed by atoms with Crippen LogP contribution in [0.3, 0.4) is 0 Å². The summed E-state index contributed by atoms with van der Waals surface area (Å²) >= 11 is 0. The summed E-state index contributed by atoms with van der Waals surface area (Å²) in [5.41, 5.74) is 2.64. The fourth-order valence-electron chi connectivity index (χ4n) is 3.48. The number of esters is 1.